The molecule has 0 spiro atoms. The normalized spacial score (nSPS) is 10.4. The Morgan fingerprint density at radius 1 is 1.21 bits per heavy atom. The molecule has 4 nitrogen and oxygen atoms in total. The van der Waals surface area contributed by atoms with Crippen molar-refractivity contribution in [1.29, 1.82) is 0 Å². The van der Waals surface area contributed by atoms with Crippen LogP contribution in [0.1, 0.15) is 11.1 Å². The summed E-state index contributed by atoms with van der Waals surface area (Å²) in [6, 6.07) is 9.08. The van der Waals surface area contributed by atoms with Crippen molar-refractivity contribution in [3.05, 3.63) is 58.0 Å². The smallest absolute Gasteiger partial charge is 0.250 e. The van der Waals surface area contributed by atoms with Gasteiger partial charge in [0.2, 0.25) is 0 Å². The molecular weight excluding hydrogens is 240 g/mol. The van der Waals surface area contributed by atoms with Crippen LogP contribution < -0.4 is 16.0 Å². The third kappa shape index (κ3) is 3.37. The number of rotatable bonds is 4. The molecule has 0 radical (unpaired) electrons. The van der Waals surface area contributed by atoms with Crippen LogP contribution in [0.2, 0.25) is 0 Å². The number of nitrogens with zero attached hydrogens (tertiary/aromatic N) is 1. The lowest BCUT2D eigenvalue weighted by molar-refractivity contribution is 0.296. The molecule has 2 aromatic rings. The summed E-state index contributed by atoms with van der Waals surface area (Å²) < 4.78 is 7.25. The van der Waals surface area contributed by atoms with Gasteiger partial charge in [-0.25, -0.2) is 0 Å². The Morgan fingerprint density at radius 3 is 2.68 bits per heavy atom. The second kappa shape index (κ2) is 5.61. The minimum absolute atomic E-state index is 0.00270. The second-order valence-corrected chi connectivity index (χ2v) is 4.60. The third-order valence-electron chi connectivity index (χ3n) is 2.99. The maximum absolute atomic E-state index is 11.7. The Bertz CT molecular complexity index is 632. The van der Waals surface area contributed by atoms with E-state index in [2.05, 4.69) is 0 Å². The van der Waals surface area contributed by atoms with Crippen LogP contribution in [0.3, 0.4) is 0 Å². The number of nitrogen functional groups attached to an aromatic ring is 1. The van der Waals surface area contributed by atoms with Crippen LogP contribution in [0.25, 0.3) is 0 Å². The van der Waals surface area contributed by atoms with E-state index >= 15 is 0 Å². The van der Waals surface area contributed by atoms with Crippen molar-refractivity contribution in [1.82, 2.24) is 4.57 Å². The molecule has 1 heterocycles. The van der Waals surface area contributed by atoms with Crippen LogP contribution in [-0.2, 0) is 6.54 Å². The summed E-state index contributed by atoms with van der Waals surface area (Å²) in [5, 5.41) is 0. The SMILES string of the molecule is Cc1ccn(CCOc2ccc(N)c(C)c2)c(=O)c1. The van der Waals surface area contributed by atoms with Crippen molar-refractivity contribution >= 4 is 5.69 Å². The van der Waals surface area contributed by atoms with Gasteiger partial charge in [-0.2, -0.15) is 0 Å². The van der Waals surface area contributed by atoms with Gasteiger partial charge in [0, 0.05) is 18.0 Å². The van der Waals surface area contributed by atoms with Gasteiger partial charge in [-0.05, 0) is 49.2 Å². The summed E-state index contributed by atoms with van der Waals surface area (Å²) in [7, 11) is 0. The first-order chi connectivity index (χ1) is 9.06. The molecule has 0 saturated heterocycles. The Labute approximate surface area is 112 Å². The zero-order valence-electron chi connectivity index (χ0n) is 11.2. The van der Waals surface area contributed by atoms with Crippen LogP contribution in [-0.4, -0.2) is 11.2 Å². The van der Waals surface area contributed by atoms with E-state index in [4.69, 9.17) is 10.5 Å². The van der Waals surface area contributed by atoms with Crippen molar-refractivity contribution in [3.63, 3.8) is 0 Å². The molecule has 0 unspecified atom stereocenters. The number of benzene rings is 1. The first-order valence-electron chi connectivity index (χ1n) is 6.22. The molecule has 1 aromatic carbocycles. The van der Waals surface area contributed by atoms with E-state index in [0.29, 0.717) is 13.2 Å². The summed E-state index contributed by atoms with van der Waals surface area (Å²) in [6.07, 6.45) is 1.79. The van der Waals surface area contributed by atoms with Crippen molar-refractivity contribution in [2.24, 2.45) is 0 Å². The third-order valence-corrected chi connectivity index (χ3v) is 2.99. The van der Waals surface area contributed by atoms with Crippen LogP contribution >= 0.6 is 0 Å². The summed E-state index contributed by atoms with van der Waals surface area (Å²) in [5.41, 5.74) is 8.45. The van der Waals surface area contributed by atoms with Crippen molar-refractivity contribution < 1.29 is 4.74 Å². The van der Waals surface area contributed by atoms with E-state index < -0.39 is 0 Å². The fourth-order valence-electron chi connectivity index (χ4n) is 1.79. The Balaban J connectivity index is 1.96. The lowest BCUT2D eigenvalue weighted by atomic mass is 10.2. The summed E-state index contributed by atoms with van der Waals surface area (Å²) >= 11 is 0. The zero-order valence-corrected chi connectivity index (χ0v) is 11.2. The predicted octanol–water partition coefficient (Wildman–Crippen LogP) is 2.13. The molecule has 0 atom stereocenters. The zero-order chi connectivity index (χ0) is 13.8. The molecular formula is C15H18N2O2. The van der Waals surface area contributed by atoms with Gasteiger partial charge in [0.05, 0.1) is 6.54 Å². The van der Waals surface area contributed by atoms with Crippen molar-refractivity contribution in [2.75, 3.05) is 12.3 Å². The van der Waals surface area contributed by atoms with E-state index in [0.717, 1.165) is 22.6 Å². The van der Waals surface area contributed by atoms with Crippen LogP contribution in [0.4, 0.5) is 5.69 Å². The summed E-state index contributed by atoms with van der Waals surface area (Å²) in [6.45, 7) is 4.82. The molecule has 0 aliphatic heterocycles. The Morgan fingerprint density at radius 2 is 2.00 bits per heavy atom. The molecule has 2 rings (SSSR count). The molecule has 0 aliphatic rings. The van der Waals surface area contributed by atoms with Crippen LogP contribution in [0.5, 0.6) is 5.75 Å². The molecule has 1 aromatic heterocycles. The van der Waals surface area contributed by atoms with Crippen LogP contribution in [0, 0.1) is 13.8 Å². The van der Waals surface area contributed by atoms with E-state index in [1.54, 1.807) is 16.8 Å². The highest BCUT2D eigenvalue weighted by Gasteiger charge is 1.99. The predicted molar refractivity (Wildman–Crippen MR) is 76.5 cm³/mol. The molecule has 19 heavy (non-hydrogen) atoms. The standard InChI is InChI=1S/C15H18N2O2/c1-11-5-6-17(15(18)9-11)7-8-19-13-3-4-14(16)12(2)10-13/h3-6,9-10H,7-8,16H2,1-2H3. The van der Waals surface area contributed by atoms with E-state index in [9.17, 15) is 4.79 Å². The van der Waals surface area contributed by atoms with Crippen molar-refractivity contribution in [2.45, 2.75) is 20.4 Å². The average molecular weight is 258 g/mol. The highest BCUT2D eigenvalue weighted by atomic mass is 16.5. The second-order valence-electron chi connectivity index (χ2n) is 4.60. The van der Waals surface area contributed by atoms with Gasteiger partial charge in [0.15, 0.2) is 0 Å². The van der Waals surface area contributed by atoms with E-state index in [1.165, 1.54) is 0 Å². The number of hydrogen-bond acceptors (Lipinski definition) is 3. The highest BCUT2D eigenvalue weighted by molar-refractivity contribution is 5.49. The van der Waals surface area contributed by atoms with E-state index in [1.807, 2.05) is 38.1 Å². The minimum atomic E-state index is -0.00270. The van der Waals surface area contributed by atoms with Gasteiger partial charge in [0.1, 0.15) is 12.4 Å². The molecule has 100 valence electrons. The van der Waals surface area contributed by atoms with Gasteiger partial charge in [-0.1, -0.05) is 0 Å². The van der Waals surface area contributed by atoms with Gasteiger partial charge in [0.25, 0.3) is 5.56 Å². The quantitative estimate of drug-likeness (QED) is 0.855. The van der Waals surface area contributed by atoms with Gasteiger partial charge in [-0.3, -0.25) is 4.79 Å². The highest BCUT2D eigenvalue weighted by Crippen LogP contribution is 2.18. The molecule has 0 amide bonds. The maximum Gasteiger partial charge on any atom is 0.250 e. The number of anilines is 1. The number of hydrogen-bond donors (Lipinski definition) is 1. The van der Waals surface area contributed by atoms with Crippen molar-refractivity contribution in [3.8, 4) is 5.75 Å². The minimum Gasteiger partial charge on any atom is -0.492 e. The number of ether oxygens (including phenoxy) is 1. The molecule has 2 N–H and O–H groups in total. The Hall–Kier alpha value is -2.23. The Kier molecular flexibility index (Phi) is 3.90. The van der Waals surface area contributed by atoms with E-state index in [-0.39, 0.29) is 5.56 Å². The number of aromatic nitrogens is 1. The number of pyridine rings is 1. The molecule has 0 fully saturated rings. The average Bonchev–Trinajstić information content (AvgIpc) is 2.36. The fourth-order valence-corrected chi connectivity index (χ4v) is 1.79. The topological polar surface area (TPSA) is 57.2 Å². The first kappa shape index (κ1) is 13.2. The maximum atomic E-state index is 11.7. The fraction of sp³-hybridized carbons (Fsp3) is 0.267. The lowest BCUT2D eigenvalue weighted by Crippen LogP contribution is -2.21. The number of nitrogens with two attached hydrogens (primary N) is 1. The van der Waals surface area contributed by atoms with Crippen LogP contribution in [0.15, 0.2) is 41.3 Å². The molecule has 0 aliphatic carbocycles. The number of aryl methyl sites for hydroxylation is 2. The first-order valence-corrected chi connectivity index (χ1v) is 6.22. The summed E-state index contributed by atoms with van der Waals surface area (Å²) in [4.78, 5) is 11.7. The van der Waals surface area contributed by atoms with Gasteiger partial charge >= 0.3 is 0 Å². The van der Waals surface area contributed by atoms with Gasteiger partial charge in [-0.15, -0.1) is 0 Å². The summed E-state index contributed by atoms with van der Waals surface area (Å²) in [5.74, 6) is 0.770. The molecule has 0 bridgehead atoms. The molecule has 4 heteroatoms. The van der Waals surface area contributed by atoms with Gasteiger partial charge < -0.3 is 15.0 Å². The lowest BCUT2D eigenvalue weighted by Gasteiger charge is -2.09. The monoisotopic (exact) mass is 258 g/mol. The largest absolute Gasteiger partial charge is 0.492 e. The molecule has 0 saturated carbocycles.